The lowest BCUT2D eigenvalue weighted by atomic mass is 9.82. The number of rotatable bonds is 6. The van der Waals surface area contributed by atoms with E-state index in [2.05, 4.69) is 10.1 Å². The van der Waals surface area contributed by atoms with Crippen molar-refractivity contribution in [2.24, 2.45) is 5.92 Å². The monoisotopic (exact) mass is 475 g/mol. The number of methoxy groups -OCH3 is 1. The quantitative estimate of drug-likeness (QED) is 0.419. The first-order valence-corrected chi connectivity index (χ1v) is 11.2. The second kappa shape index (κ2) is 9.33. The van der Waals surface area contributed by atoms with Gasteiger partial charge in [-0.1, -0.05) is 23.7 Å². The summed E-state index contributed by atoms with van der Waals surface area (Å²) >= 11 is 7.33. The van der Waals surface area contributed by atoms with Crippen LogP contribution in [0.4, 0.5) is 0 Å². The Labute approximate surface area is 199 Å². The number of nitrogens with one attached hydrogen (secondary N) is 1. The molecule has 1 atom stereocenters. The highest BCUT2D eigenvalue weighted by atomic mass is 35.5. The molecule has 0 saturated carbocycles. The van der Waals surface area contributed by atoms with E-state index in [0.29, 0.717) is 27.0 Å². The Hall–Kier alpha value is -3.85. The molecule has 2 aromatic heterocycles. The van der Waals surface area contributed by atoms with Crippen molar-refractivity contribution in [1.29, 1.82) is 10.5 Å². The summed E-state index contributed by atoms with van der Waals surface area (Å²) < 4.78 is 6.55. The Balaban J connectivity index is 1.78. The summed E-state index contributed by atoms with van der Waals surface area (Å²) in [6.45, 7) is 1.75. The predicted octanol–water partition coefficient (Wildman–Crippen LogP) is 5.05. The second-order valence-electron chi connectivity index (χ2n) is 7.30. The van der Waals surface area contributed by atoms with Crippen molar-refractivity contribution in [3.05, 3.63) is 86.1 Å². The van der Waals surface area contributed by atoms with Crippen molar-refractivity contribution in [2.45, 2.75) is 12.8 Å². The number of benzene rings is 2. The number of hydrogen-bond acceptors (Lipinski definition) is 6. The number of aromatic nitrogens is 3. The lowest BCUT2D eigenvalue weighted by molar-refractivity contribution is 0.415. The van der Waals surface area contributed by atoms with Gasteiger partial charge < -0.3 is 4.74 Å². The Bertz CT molecular complexity index is 1410. The van der Waals surface area contributed by atoms with Crippen molar-refractivity contribution in [1.82, 2.24) is 14.8 Å². The van der Waals surface area contributed by atoms with Gasteiger partial charge >= 0.3 is 0 Å². The minimum Gasteiger partial charge on any atom is -0.497 e. The van der Waals surface area contributed by atoms with Crippen LogP contribution in [0.3, 0.4) is 0 Å². The van der Waals surface area contributed by atoms with E-state index in [1.807, 2.05) is 41.8 Å². The first-order chi connectivity index (χ1) is 16.0. The van der Waals surface area contributed by atoms with Crippen molar-refractivity contribution >= 4 is 22.9 Å². The molecule has 7 nitrogen and oxygen atoms in total. The predicted molar refractivity (Wildman–Crippen MR) is 127 cm³/mol. The maximum absolute atomic E-state index is 13.5. The number of H-pyrrole nitrogens is 1. The Morgan fingerprint density at radius 3 is 2.39 bits per heavy atom. The average Bonchev–Trinajstić information content (AvgIpc) is 3.43. The number of aryl methyl sites for hydroxylation is 1. The number of nitriles is 2. The van der Waals surface area contributed by atoms with E-state index in [4.69, 9.17) is 16.3 Å². The lowest BCUT2D eigenvalue weighted by Crippen LogP contribution is -2.23. The first kappa shape index (κ1) is 22.3. The molecule has 1 N–H and O–H groups in total. The molecule has 2 aromatic carbocycles. The largest absolute Gasteiger partial charge is 0.497 e. The third-order valence-electron chi connectivity index (χ3n) is 5.34. The van der Waals surface area contributed by atoms with E-state index in [9.17, 15) is 15.3 Å². The Kier molecular flexibility index (Phi) is 6.32. The molecule has 0 spiro atoms. The van der Waals surface area contributed by atoms with Crippen LogP contribution >= 0.6 is 22.9 Å². The summed E-state index contributed by atoms with van der Waals surface area (Å²) in [6, 6.07) is 18.3. The maximum Gasteiger partial charge on any atom is 0.277 e. The summed E-state index contributed by atoms with van der Waals surface area (Å²) in [6.07, 6.45) is 0. The molecule has 0 aliphatic rings. The van der Waals surface area contributed by atoms with Crippen molar-refractivity contribution in [3.8, 4) is 34.3 Å². The number of halogens is 1. The van der Waals surface area contributed by atoms with E-state index in [1.54, 1.807) is 38.3 Å². The molecule has 0 saturated heterocycles. The van der Waals surface area contributed by atoms with Gasteiger partial charge in [-0.3, -0.25) is 9.89 Å². The van der Waals surface area contributed by atoms with Crippen LogP contribution in [0.15, 0.2) is 58.7 Å². The van der Waals surface area contributed by atoms with Gasteiger partial charge in [-0.15, -0.1) is 11.3 Å². The van der Waals surface area contributed by atoms with Gasteiger partial charge in [0.15, 0.2) is 0 Å². The molecule has 4 rings (SSSR count). The fourth-order valence-corrected chi connectivity index (χ4v) is 4.61. The second-order valence-corrected chi connectivity index (χ2v) is 8.57. The minimum atomic E-state index is -1.05. The van der Waals surface area contributed by atoms with Crippen molar-refractivity contribution in [2.75, 3.05) is 7.11 Å². The minimum absolute atomic E-state index is 0.349. The fraction of sp³-hybridized carbons (Fsp3) is 0.167. The summed E-state index contributed by atoms with van der Waals surface area (Å²) in [7, 11) is 1.61. The lowest BCUT2D eigenvalue weighted by Gasteiger charge is -2.17. The van der Waals surface area contributed by atoms with E-state index in [-0.39, 0.29) is 5.56 Å². The van der Waals surface area contributed by atoms with Gasteiger partial charge in [-0.2, -0.15) is 15.2 Å². The molecule has 9 heteroatoms. The fourth-order valence-electron chi connectivity index (χ4n) is 3.70. The van der Waals surface area contributed by atoms with Crippen LogP contribution in [-0.2, 0) is 0 Å². The smallest absolute Gasteiger partial charge is 0.277 e. The van der Waals surface area contributed by atoms with Gasteiger partial charge in [-0.05, 0) is 48.9 Å². The zero-order valence-corrected chi connectivity index (χ0v) is 19.3. The molecule has 0 unspecified atom stereocenters. The van der Waals surface area contributed by atoms with Gasteiger partial charge in [0.25, 0.3) is 5.56 Å². The summed E-state index contributed by atoms with van der Waals surface area (Å²) in [5, 5.41) is 25.1. The molecular weight excluding hydrogens is 458 g/mol. The number of nitrogens with zero attached hydrogens (tertiary/aromatic N) is 4. The third kappa shape index (κ3) is 4.27. The highest BCUT2D eigenvalue weighted by Crippen LogP contribution is 2.33. The van der Waals surface area contributed by atoms with E-state index in [1.165, 1.54) is 16.0 Å². The standard InChI is InChI=1S/C24H18ClN5O2S/c1-14-21(22(17(11-26)12-27)16-3-7-18(25)8-4-16)23(31)30(29-14)24-28-20(13-33-24)15-5-9-19(32-2)10-6-15/h3-10,13,17,22,29H,1-2H3/t22-/m1/s1. The van der Waals surface area contributed by atoms with Crippen LogP contribution in [0, 0.1) is 35.5 Å². The molecule has 0 amide bonds. The van der Waals surface area contributed by atoms with Crippen LogP contribution in [0.1, 0.15) is 22.7 Å². The summed E-state index contributed by atoms with van der Waals surface area (Å²) in [5.41, 5.74) is 2.85. The molecule has 0 fully saturated rings. The van der Waals surface area contributed by atoms with Gasteiger partial charge in [0.1, 0.15) is 11.7 Å². The third-order valence-corrected chi connectivity index (χ3v) is 6.42. The molecule has 4 aromatic rings. The molecule has 0 aliphatic heterocycles. The number of hydrogen-bond donors (Lipinski definition) is 1. The molecule has 33 heavy (non-hydrogen) atoms. The van der Waals surface area contributed by atoms with Gasteiger partial charge in [0.2, 0.25) is 5.13 Å². The average molecular weight is 476 g/mol. The molecule has 164 valence electrons. The van der Waals surface area contributed by atoms with Gasteiger partial charge in [0, 0.05) is 33.1 Å². The van der Waals surface area contributed by atoms with Crippen LogP contribution in [0.2, 0.25) is 5.02 Å². The van der Waals surface area contributed by atoms with Crippen LogP contribution in [-0.4, -0.2) is 21.9 Å². The molecule has 0 radical (unpaired) electrons. The van der Waals surface area contributed by atoms with Crippen molar-refractivity contribution in [3.63, 3.8) is 0 Å². The van der Waals surface area contributed by atoms with Crippen LogP contribution in [0.5, 0.6) is 5.75 Å². The van der Waals surface area contributed by atoms with E-state index < -0.39 is 11.8 Å². The molecule has 2 heterocycles. The highest BCUT2D eigenvalue weighted by Gasteiger charge is 2.31. The van der Waals surface area contributed by atoms with Gasteiger partial charge in [0.05, 0.1) is 24.9 Å². The summed E-state index contributed by atoms with van der Waals surface area (Å²) in [5.74, 6) is -1.04. The topological polar surface area (TPSA) is 107 Å². The molecule has 0 bridgehead atoms. The van der Waals surface area contributed by atoms with E-state index >= 15 is 0 Å². The number of thiazole rings is 1. The van der Waals surface area contributed by atoms with Crippen molar-refractivity contribution < 1.29 is 4.74 Å². The highest BCUT2D eigenvalue weighted by molar-refractivity contribution is 7.12. The SMILES string of the molecule is COc1ccc(-c2csc(-n3[nH]c(C)c([C@H](c4ccc(Cl)cc4)C(C#N)C#N)c3=O)n2)cc1. The number of aromatic amines is 1. The molecular formula is C24H18ClN5O2S. The molecule has 0 aliphatic carbocycles. The number of ether oxygens (including phenoxy) is 1. The van der Waals surface area contributed by atoms with E-state index in [0.717, 1.165) is 17.0 Å². The summed E-state index contributed by atoms with van der Waals surface area (Å²) in [4.78, 5) is 18.1. The Morgan fingerprint density at radius 1 is 1.12 bits per heavy atom. The first-order valence-electron chi connectivity index (χ1n) is 9.93. The zero-order valence-electron chi connectivity index (χ0n) is 17.7. The van der Waals surface area contributed by atoms with Crippen LogP contribution < -0.4 is 10.3 Å². The maximum atomic E-state index is 13.5. The zero-order chi connectivity index (χ0) is 23.5. The normalized spacial score (nSPS) is 11.7. The van der Waals surface area contributed by atoms with Crippen LogP contribution in [0.25, 0.3) is 16.4 Å². The van der Waals surface area contributed by atoms with Gasteiger partial charge in [-0.25, -0.2) is 4.98 Å². The Morgan fingerprint density at radius 2 is 1.79 bits per heavy atom.